The van der Waals surface area contributed by atoms with E-state index >= 15 is 0 Å². The monoisotopic (exact) mass is 222 g/mol. The molecule has 1 unspecified atom stereocenters. The maximum atomic E-state index is 9.23. The first-order chi connectivity index (χ1) is 7.83. The first kappa shape index (κ1) is 11.4. The number of hydrogen-bond donors (Lipinski definition) is 1. The molecule has 1 aromatic rings. The Labute approximate surface area is 95.9 Å². The van der Waals surface area contributed by atoms with Crippen LogP contribution >= 0.6 is 0 Å². The van der Waals surface area contributed by atoms with Gasteiger partial charge in [-0.25, -0.2) is 4.98 Å². The summed E-state index contributed by atoms with van der Waals surface area (Å²) in [5, 5.41) is 9.23. The molecule has 0 saturated carbocycles. The summed E-state index contributed by atoms with van der Waals surface area (Å²) in [5.74, 6) is 0.650. The van der Waals surface area contributed by atoms with Gasteiger partial charge in [0.2, 0.25) is 5.88 Å². The fourth-order valence-corrected chi connectivity index (χ4v) is 2.18. The molecule has 0 spiro atoms. The van der Waals surface area contributed by atoms with Gasteiger partial charge in [0.25, 0.3) is 0 Å². The lowest BCUT2D eigenvalue weighted by Crippen LogP contribution is -2.31. The highest BCUT2D eigenvalue weighted by Crippen LogP contribution is 2.19. The summed E-state index contributed by atoms with van der Waals surface area (Å²) >= 11 is 0. The van der Waals surface area contributed by atoms with Gasteiger partial charge >= 0.3 is 0 Å². The first-order valence-corrected chi connectivity index (χ1v) is 5.68. The van der Waals surface area contributed by atoms with Crippen molar-refractivity contribution in [2.75, 3.05) is 20.3 Å². The second-order valence-electron chi connectivity index (χ2n) is 4.12. The van der Waals surface area contributed by atoms with Crippen molar-refractivity contribution in [3.05, 3.63) is 23.9 Å². The van der Waals surface area contributed by atoms with Crippen LogP contribution < -0.4 is 4.74 Å². The van der Waals surface area contributed by atoms with Crippen molar-refractivity contribution >= 4 is 0 Å². The van der Waals surface area contributed by atoms with Gasteiger partial charge in [0.05, 0.1) is 19.4 Å². The van der Waals surface area contributed by atoms with E-state index in [0.29, 0.717) is 11.9 Å². The standard InChI is InChI=1S/C12H18N2O2/c1-16-12-6-2-4-10(13-12)8-14-7-3-5-11(14)9-15/h2,4,6,11,15H,3,5,7-9H2,1H3. The smallest absolute Gasteiger partial charge is 0.213 e. The molecule has 1 aromatic heterocycles. The third-order valence-corrected chi connectivity index (χ3v) is 3.07. The zero-order valence-electron chi connectivity index (χ0n) is 9.59. The van der Waals surface area contributed by atoms with E-state index in [9.17, 15) is 5.11 Å². The van der Waals surface area contributed by atoms with Crippen LogP contribution in [-0.4, -0.2) is 41.3 Å². The summed E-state index contributed by atoms with van der Waals surface area (Å²) < 4.78 is 5.09. The minimum Gasteiger partial charge on any atom is -0.481 e. The van der Waals surface area contributed by atoms with Gasteiger partial charge in [-0.3, -0.25) is 4.90 Å². The Kier molecular flexibility index (Phi) is 3.74. The van der Waals surface area contributed by atoms with Crippen LogP contribution in [0.5, 0.6) is 5.88 Å². The van der Waals surface area contributed by atoms with Gasteiger partial charge in [0.15, 0.2) is 0 Å². The van der Waals surface area contributed by atoms with E-state index in [1.807, 2.05) is 18.2 Å². The molecule has 4 nitrogen and oxygen atoms in total. The van der Waals surface area contributed by atoms with E-state index in [2.05, 4.69) is 9.88 Å². The number of aliphatic hydroxyl groups is 1. The van der Waals surface area contributed by atoms with Crippen molar-refractivity contribution in [3.63, 3.8) is 0 Å². The Morgan fingerprint density at radius 1 is 1.56 bits per heavy atom. The van der Waals surface area contributed by atoms with E-state index < -0.39 is 0 Å². The highest BCUT2D eigenvalue weighted by molar-refractivity contribution is 5.15. The summed E-state index contributed by atoms with van der Waals surface area (Å²) in [5.41, 5.74) is 1.000. The van der Waals surface area contributed by atoms with Crippen molar-refractivity contribution < 1.29 is 9.84 Å². The minimum atomic E-state index is 0.240. The Morgan fingerprint density at radius 2 is 2.44 bits per heavy atom. The summed E-state index contributed by atoms with van der Waals surface area (Å²) in [6.45, 7) is 2.08. The molecular weight excluding hydrogens is 204 g/mol. The number of ether oxygens (including phenoxy) is 1. The summed E-state index contributed by atoms with van der Waals surface area (Å²) in [4.78, 5) is 6.66. The molecule has 1 N–H and O–H groups in total. The lowest BCUT2D eigenvalue weighted by molar-refractivity contribution is 0.152. The van der Waals surface area contributed by atoms with Gasteiger partial charge in [0, 0.05) is 18.7 Å². The molecule has 2 heterocycles. The molecule has 0 aromatic carbocycles. The molecule has 2 rings (SSSR count). The highest BCUT2D eigenvalue weighted by atomic mass is 16.5. The molecule has 0 bridgehead atoms. The Balaban J connectivity index is 2.02. The van der Waals surface area contributed by atoms with Crippen LogP contribution in [0, 0.1) is 0 Å². The second-order valence-corrected chi connectivity index (χ2v) is 4.12. The topological polar surface area (TPSA) is 45.6 Å². The number of nitrogens with zero attached hydrogens (tertiary/aromatic N) is 2. The Morgan fingerprint density at radius 3 is 3.19 bits per heavy atom. The number of pyridine rings is 1. The number of rotatable bonds is 4. The van der Waals surface area contributed by atoms with Crippen molar-refractivity contribution in [1.29, 1.82) is 0 Å². The van der Waals surface area contributed by atoms with E-state index in [-0.39, 0.29) is 6.61 Å². The van der Waals surface area contributed by atoms with Gasteiger partial charge in [-0.15, -0.1) is 0 Å². The summed E-state index contributed by atoms with van der Waals surface area (Å²) in [6, 6.07) is 6.09. The molecule has 1 aliphatic rings. The number of hydrogen-bond acceptors (Lipinski definition) is 4. The number of aromatic nitrogens is 1. The average molecular weight is 222 g/mol. The average Bonchev–Trinajstić information content (AvgIpc) is 2.76. The van der Waals surface area contributed by atoms with Crippen molar-refractivity contribution in [1.82, 2.24) is 9.88 Å². The van der Waals surface area contributed by atoms with E-state index in [1.165, 1.54) is 0 Å². The van der Waals surface area contributed by atoms with Gasteiger partial charge in [-0.2, -0.15) is 0 Å². The molecule has 4 heteroatoms. The molecule has 88 valence electrons. The lowest BCUT2D eigenvalue weighted by atomic mass is 10.2. The van der Waals surface area contributed by atoms with Gasteiger partial charge in [-0.1, -0.05) is 6.07 Å². The van der Waals surface area contributed by atoms with E-state index in [1.54, 1.807) is 7.11 Å². The predicted molar refractivity (Wildman–Crippen MR) is 61.3 cm³/mol. The van der Waals surface area contributed by atoms with Crippen molar-refractivity contribution in [2.45, 2.75) is 25.4 Å². The van der Waals surface area contributed by atoms with Crippen LogP contribution in [0.3, 0.4) is 0 Å². The lowest BCUT2D eigenvalue weighted by Gasteiger charge is -2.22. The molecule has 1 saturated heterocycles. The molecule has 0 aliphatic carbocycles. The quantitative estimate of drug-likeness (QED) is 0.827. The summed E-state index contributed by atoms with van der Waals surface area (Å²) in [6.07, 6.45) is 2.25. The second kappa shape index (κ2) is 5.27. The molecular formula is C12H18N2O2. The van der Waals surface area contributed by atoms with Crippen LogP contribution in [0.1, 0.15) is 18.5 Å². The van der Waals surface area contributed by atoms with Gasteiger partial charge in [0.1, 0.15) is 0 Å². The normalized spacial score (nSPS) is 21.2. The zero-order valence-corrected chi connectivity index (χ0v) is 9.59. The third kappa shape index (κ3) is 2.51. The van der Waals surface area contributed by atoms with Crippen molar-refractivity contribution in [3.8, 4) is 5.88 Å². The predicted octanol–water partition coefficient (Wildman–Crippen LogP) is 1.05. The molecule has 1 fully saturated rings. The van der Waals surface area contributed by atoms with Crippen LogP contribution in [0.2, 0.25) is 0 Å². The van der Waals surface area contributed by atoms with Crippen LogP contribution in [-0.2, 0) is 6.54 Å². The SMILES string of the molecule is COc1cccc(CN2CCCC2CO)n1. The van der Waals surface area contributed by atoms with Crippen molar-refractivity contribution in [2.24, 2.45) is 0 Å². The summed E-state index contributed by atoms with van der Waals surface area (Å²) in [7, 11) is 1.62. The Bertz CT molecular complexity index is 344. The maximum Gasteiger partial charge on any atom is 0.213 e. The first-order valence-electron chi connectivity index (χ1n) is 5.68. The fourth-order valence-electron chi connectivity index (χ4n) is 2.18. The molecule has 1 aliphatic heterocycles. The molecule has 16 heavy (non-hydrogen) atoms. The van der Waals surface area contributed by atoms with E-state index in [0.717, 1.165) is 31.6 Å². The number of aliphatic hydroxyl groups excluding tert-OH is 1. The fraction of sp³-hybridized carbons (Fsp3) is 0.583. The largest absolute Gasteiger partial charge is 0.481 e. The number of methoxy groups -OCH3 is 1. The minimum absolute atomic E-state index is 0.240. The third-order valence-electron chi connectivity index (χ3n) is 3.07. The van der Waals surface area contributed by atoms with Crippen LogP contribution in [0.15, 0.2) is 18.2 Å². The Hall–Kier alpha value is -1.13. The maximum absolute atomic E-state index is 9.23. The highest BCUT2D eigenvalue weighted by Gasteiger charge is 2.23. The van der Waals surface area contributed by atoms with E-state index in [4.69, 9.17) is 4.74 Å². The molecule has 0 amide bonds. The van der Waals surface area contributed by atoms with Gasteiger partial charge < -0.3 is 9.84 Å². The zero-order chi connectivity index (χ0) is 11.4. The van der Waals surface area contributed by atoms with Crippen LogP contribution in [0.25, 0.3) is 0 Å². The number of likely N-dealkylation sites (tertiary alicyclic amines) is 1. The molecule has 0 radical (unpaired) electrons. The molecule has 1 atom stereocenters. The van der Waals surface area contributed by atoms with Gasteiger partial charge in [-0.05, 0) is 25.5 Å². The van der Waals surface area contributed by atoms with Crippen LogP contribution in [0.4, 0.5) is 0 Å².